The van der Waals surface area contributed by atoms with Gasteiger partial charge in [0.05, 0.1) is 12.7 Å². The Kier molecular flexibility index (Phi) is 6.50. The Morgan fingerprint density at radius 1 is 1.00 bits per heavy atom. The van der Waals surface area contributed by atoms with Gasteiger partial charge in [-0.05, 0) is 48.9 Å². The Labute approximate surface area is 155 Å². The summed E-state index contributed by atoms with van der Waals surface area (Å²) in [5, 5.41) is 0.954. The highest BCUT2D eigenvalue weighted by Gasteiger charge is 2.14. The van der Waals surface area contributed by atoms with Crippen LogP contribution in [0.3, 0.4) is 0 Å². The Bertz CT molecular complexity index is 796. The molecule has 0 saturated heterocycles. The molecule has 2 N–H and O–H groups in total. The molecule has 0 unspecified atom stereocenters. The SMILES string of the molecule is COc1ccc(Cl)cc1C(=O)NNC(=O)COc1ccc(Cl)cc1C. The van der Waals surface area contributed by atoms with E-state index in [4.69, 9.17) is 32.7 Å². The lowest BCUT2D eigenvalue weighted by Crippen LogP contribution is -2.44. The summed E-state index contributed by atoms with van der Waals surface area (Å²) in [6.07, 6.45) is 0. The zero-order valence-electron chi connectivity index (χ0n) is 13.6. The van der Waals surface area contributed by atoms with E-state index in [1.165, 1.54) is 13.2 Å². The molecule has 0 atom stereocenters. The van der Waals surface area contributed by atoms with Crippen LogP contribution in [0.1, 0.15) is 15.9 Å². The maximum Gasteiger partial charge on any atom is 0.276 e. The first-order valence-corrected chi connectivity index (χ1v) is 7.98. The lowest BCUT2D eigenvalue weighted by atomic mass is 10.2. The number of hydrazine groups is 1. The number of aryl methyl sites for hydroxylation is 1. The smallest absolute Gasteiger partial charge is 0.276 e. The standard InChI is InChI=1S/C17H16Cl2N2O4/c1-10-7-11(18)3-5-14(10)25-9-16(22)20-21-17(23)13-8-12(19)4-6-15(13)24-2/h3-8H,9H2,1-2H3,(H,20,22)(H,21,23). The number of carbonyl (C=O) groups excluding carboxylic acids is 2. The highest BCUT2D eigenvalue weighted by Crippen LogP contribution is 2.23. The summed E-state index contributed by atoms with van der Waals surface area (Å²) < 4.78 is 10.5. The van der Waals surface area contributed by atoms with Gasteiger partial charge in [0, 0.05) is 10.0 Å². The number of methoxy groups -OCH3 is 1. The van der Waals surface area contributed by atoms with Crippen LogP contribution >= 0.6 is 23.2 Å². The topological polar surface area (TPSA) is 76.7 Å². The van der Waals surface area contributed by atoms with E-state index in [1.54, 1.807) is 30.3 Å². The van der Waals surface area contributed by atoms with Crippen LogP contribution in [-0.4, -0.2) is 25.5 Å². The number of rotatable bonds is 5. The summed E-state index contributed by atoms with van der Waals surface area (Å²) in [6.45, 7) is 1.54. The number of nitrogens with one attached hydrogen (secondary N) is 2. The maximum atomic E-state index is 12.1. The number of amides is 2. The van der Waals surface area contributed by atoms with E-state index in [2.05, 4.69) is 10.9 Å². The minimum absolute atomic E-state index is 0.199. The highest BCUT2D eigenvalue weighted by atomic mass is 35.5. The quantitative estimate of drug-likeness (QED) is 0.778. The van der Waals surface area contributed by atoms with Crippen LogP contribution in [0.25, 0.3) is 0 Å². The van der Waals surface area contributed by atoms with Gasteiger partial charge in [-0.1, -0.05) is 23.2 Å². The second kappa shape index (κ2) is 8.60. The van der Waals surface area contributed by atoms with Gasteiger partial charge in [-0.3, -0.25) is 20.4 Å². The van der Waals surface area contributed by atoms with Crippen molar-refractivity contribution in [2.45, 2.75) is 6.92 Å². The fraction of sp³-hybridized carbons (Fsp3) is 0.176. The number of ether oxygens (including phenoxy) is 2. The molecule has 0 aliphatic carbocycles. The Balaban J connectivity index is 1.89. The monoisotopic (exact) mass is 382 g/mol. The van der Waals surface area contributed by atoms with Crippen LogP contribution in [0, 0.1) is 6.92 Å². The fourth-order valence-electron chi connectivity index (χ4n) is 2.01. The van der Waals surface area contributed by atoms with E-state index in [0.29, 0.717) is 21.5 Å². The van der Waals surface area contributed by atoms with Crippen LogP contribution in [-0.2, 0) is 4.79 Å². The zero-order chi connectivity index (χ0) is 18.4. The summed E-state index contributed by atoms with van der Waals surface area (Å²) in [7, 11) is 1.43. The zero-order valence-corrected chi connectivity index (χ0v) is 15.1. The number of hydrogen-bond donors (Lipinski definition) is 2. The van der Waals surface area contributed by atoms with Gasteiger partial charge in [0.25, 0.3) is 11.8 Å². The maximum absolute atomic E-state index is 12.1. The third kappa shape index (κ3) is 5.27. The van der Waals surface area contributed by atoms with Gasteiger partial charge in [-0.2, -0.15) is 0 Å². The van der Waals surface area contributed by atoms with E-state index < -0.39 is 11.8 Å². The second-order valence-electron chi connectivity index (χ2n) is 5.05. The molecule has 2 aromatic rings. The first-order chi connectivity index (χ1) is 11.9. The molecule has 0 radical (unpaired) electrons. The second-order valence-corrected chi connectivity index (χ2v) is 5.92. The van der Waals surface area contributed by atoms with Gasteiger partial charge in [0.2, 0.25) is 0 Å². The van der Waals surface area contributed by atoms with Crippen molar-refractivity contribution >= 4 is 35.0 Å². The lowest BCUT2D eigenvalue weighted by Gasteiger charge is -2.12. The number of benzene rings is 2. The van der Waals surface area contributed by atoms with E-state index in [1.807, 2.05) is 6.92 Å². The van der Waals surface area contributed by atoms with E-state index in [0.717, 1.165) is 5.56 Å². The molecule has 0 bridgehead atoms. The molecule has 6 nitrogen and oxygen atoms in total. The van der Waals surface area contributed by atoms with E-state index in [9.17, 15) is 9.59 Å². The summed E-state index contributed by atoms with van der Waals surface area (Å²) in [6, 6.07) is 9.65. The molecule has 0 spiro atoms. The van der Waals surface area contributed by atoms with Crippen molar-refractivity contribution in [2.75, 3.05) is 13.7 Å². The predicted molar refractivity (Wildman–Crippen MR) is 95.3 cm³/mol. The summed E-state index contributed by atoms with van der Waals surface area (Å²) >= 11 is 11.7. The van der Waals surface area contributed by atoms with Gasteiger partial charge in [0.15, 0.2) is 6.61 Å². The minimum atomic E-state index is -0.560. The fourth-order valence-corrected chi connectivity index (χ4v) is 2.40. The van der Waals surface area contributed by atoms with Crippen molar-refractivity contribution in [1.29, 1.82) is 0 Å². The van der Waals surface area contributed by atoms with Gasteiger partial charge in [-0.15, -0.1) is 0 Å². The normalized spacial score (nSPS) is 10.1. The molecule has 0 heterocycles. The summed E-state index contributed by atoms with van der Waals surface area (Å²) in [5.74, 6) is -0.217. The molecule has 8 heteroatoms. The molecule has 2 rings (SSSR count). The Hall–Kier alpha value is -2.44. The third-order valence-electron chi connectivity index (χ3n) is 3.22. The number of carbonyl (C=O) groups is 2. The third-order valence-corrected chi connectivity index (χ3v) is 3.69. The molecule has 132 valence electrons. The van der Waals surface area contributed by atoms with Crippen molar-refractivity contribution in [3.63, 3.8) is 0 Å². The molecule has 0 fully saturated rings. The predicted octanol–water partition coefficient (Wildman–Crippen LogP) is 3.15. The number of hydrogen-bond acceptors (Lipinski definition) is 4. The molecule has 0 saturated carbocycles. The Morgan fingerprint density at radius 3 is 2.28 bits per heavy atom. The number of halogens is 2. The molecular weight excluding hydrogens is 367 g/mol. The van der Waals surface area contributed by atoms with E-state index in [-0.39, 0.29) is 12.2 Å². The highest BCUT2D eigenvalue weighted by molar-refractivity contribution is 6.31. The minimum Gasteiger partial charge on any atom is -0.496 e. The lowest BCUT2D eigenvalue weighted by molar-refractivity contribution is -0.123. The average molecular weight is 383 g/mol. The van der Waals surface area contributed by atoms with Crippen molar-refractivity contribution in [2.24, 2.45) is 0 Å². The van der Waals surface area contributed by atoms with Gasteiger partial charge in [-0.25, -0.2) is 0 Å². The van der Waals surface area contributed by atoms with Crippen molar-refractivity contribution in [3.8, 4) is 11.5 Å². The van der Waals surface area contributed by atoms with Crippen LogP contribution < -0.4 is 20.3 Å². The first-order valence-electron chi connectivity index (χ1n) is 7.22. The molecule has 0 aromatic heterocycles. The largest absolute Gasteiger partial charge is 0.496 e. The van der Waals surface area contributed by atoms with Crippen LogP contribution in [0.15, 0.2) is 36.4 Å². The first kappa shape index (κ1) is 18.9. The summed E-state index contributed by atoms with van der Waals surface area (Å²) in [5.41, 5.74) is 5.54. The molecule has 2 amide bonds. The molecule has 0 aliphatic heterocycles. The molecular formula is C17H16Cl2N2O4. The van der Waals surface area contributed by atoms with Crippen molar-refractivity contribution in [3.05, 3.63) is 57.6 Å². The Morgan fingerprint density at radius 2 is 1.64 bits per heavy atom. The van der Waals surface area contributed by atoms with Gasteiger partial charge in [0.1, 0.15) is 11.5 Å². The van der Waals surface area contributed by atoms with E-state index >= 15 is 0 Å². The van der Waals surface area contributed by atoms with Gasteiger partial charge < -0.3 is 9.47 Å². The summed E-state index contributed by atoms with van der Waals surface area (Å²) in [4.78, 5) is 23.9. The van der Waals surface area contributed by atoms with Gasteiger partial charge >= 0.3 is 0 Å². The van der Waals surface area contributed by atoms with Crippen molar-refractivity contribution < 1.29 is 19.1 Å². The molecule has 25 heavy (non-hydrogen) atoms. The molecule has 2 aromatic carbocycles. The molecule has 0 aliphatic rings. The van der Waals surface area contributed by atoms with Crippen LogP contribution in [0.5, 0.6) is 11.5 Å². The van der Waals surface area contributed by atoms with Crippen molar-refractivity contribution in [1.82, 2.24) is 10.9 Å². The van der Waals surface area contributed by atoms with Crippen LogP contribution in [0.4, 0.5) is 0 Å². The average Bonchev–Trinajstić information content (AvgIpc) is 2.58. The van der Waals surface area contributed by atoms with Crippen LogP contribution in [0.2, 0.25) is 10.0 Å².